The normalized spacial score (nSPS) is 16.2. The Balaban J connectivity index is 1.95. The van der Waals surface area contributed by atoms with Gasteiger partial charge in [-0.05, 0) is 30.9 Å². The van der Waals surface area contributed by atoms with Gasteiger partial charge < -0.3 is 15.4 Å². The second-order valence-corrected chi connectivity index (χ2v) is 5.74. The summed E-state index contributed by atoms with van der Waals surface area (Å²) in [5.41, 5.74) is 0.417. The quantitative estimate of drug-likeness (QED) is 0.564. The van der Waals surface area contributed by atoms with E-state index in [1.165, 1.54) is 12.8 Å². The number of rotatable bonds is 8. The predicted molar refractivity (Wildman–Crippen MR) is 80.0 cm³/mol. The van der Waals surface area contributed by atoms with Gasteiger partial charge in [0.1, 0.15) is 11.6 Å². The summed E-state index contributed by atoms with van der Waals surface area (Å²) in [7, 11) is 3.63. The van der Waals surface area contributed by atoms with Crippen LogP contribution in [0.3, 0.4) is 0 Å². The zero-order valence-electron chi connectivity index (χ0n) is 11.8. The molecule has 1 fully saturated rings. The molecule has 1 aromatic rings. The van der Waals surface area contributed by atoms with E-state index in [0.29, 0.717) is 5.41 Å². The Morgan fingerprint density at radius 1 is 1.37 bits per heavy atom. The van der Waals surface area contributed by atoms with Crippen molar-refractivity contribution in [1.29, 1.82) is 0 Å². The number of anilines is 2. The highest BCUT2D eigenvalue weighted by Crippen LogP contribution is 2.48. The molecule has 1 saturated carbocycles. The summed E-state index contributed by atoms with van der Waals surface area (Å²) in [6, 6.07) is 1.95. The van der Waals surface area contributed by atoms with Gasteiger partial charge in [0.25, 0.3) is 0 Å². The Morgan fingerprint density at radius 2 is 2.11 bits per heavy atom. The van der Waals surface area contributed by atoms with Crippen molar-refractivity contribution < 1.29 is 4.74 Å². The number of hydrogen-bond donors (Lipinski definition) is 2. The summed E-state index contributed by atoms with van der Waals surface area (Å²) in [5, 5.41) is 7.30. The van der Waals surface area contributed by atoms with E-state index in [1.807, 2.05) is 19.4 Å². The van der Waals surface area contributed by atoms with Crippen LogP contribution < -0.4 is 10.6 Å². The lowest BCUT2D eigenvalue weighted by atomic mass is 10.0. The summed E-state index contributed by atoms with van der Waals surface area (Å²) in [4.78, 5) is 8.84. The van der Waals surface area contributed by atoms with Crippen LogP contribution >= 0.6 is 11.8 Å². The van der Waals surface area contributed by atoms with E-state index in [4.69, 9.17) is 4.74 Å². The molecule has 0 aliphatic heterocycles. The van der Waals surface area contributed by atoms with E-state index < -0.39 is 0 Å². The van der Waals surface area contributed by atoms with Crippen molar-refractivity contribution in [2.24, 2.45) is 5.41 Å². The Hall–Kier alpha value is -1.01. The van der Waals surface area contributed by atoms with Crippen molar-refractivity contribution in [1.82, 2.24) is 9.97 Å². The zero-order chi connectivity index (χ0) is 13.7. The van der Waals surface area contributed by atoms with Crippen LogP contribution in [-0.4, -0.2) is 43.5 Å². The molecule has 0 radical (unpaired) electrons. The number of nitrogens with zero attached hydrogens (tertiary/aromatic N) is 2. The monoisotopic (exact) mass is 282 g/mol. The predicted octanol–water partition coefficient (Wildman–Crippen LogP) is 2.47. The fraction of sp³-hybridized carbons (Fsp3) is 0.692. The minimum Gasteiger partial charge on any atom is -0.385 e. The maximum atomic E-state index is 5.18. The number of thioether (sulfide) groups is 1. The van der Waals surface area contributed by atoms with Gasteiger partial charge in [-0.1, -0.05) is 11.8 Å². The van der Waals surface area contributed by atoms with Crippen LogP contribution in [0, 0.1) is 5.41 Å². The first-order valence-electron chi connectivity index (χ1n) is 6.55. The number of methoxy groups -OCH3 is 1. The van der Waals surface area contributed by atoms with Crippen molar-refractivity contribution in [2.45, 2.75) is 24.4 Å². The summed E-state index contributed by atoms with van der Waals surface area (Å²) < 4.78 is 5.18. The molecule has 19 heavy (non-hydrogen) atoms. The average Bonchev–Trinajstić information content (AvgIpc) is 3.23. The van der Waals surface area contributed by atoms with Crippen molar-refractivity contribution in [3.63, 3.8) is 0 Å². The highest BCUT2D eigenvalue weighted by molar-refractivity contribution is 7.98. The van der Waals surface area contributed by atoms with Gasteiger partial charge in [0.2, 0.25) is 0 Å². The van der Waals surface area contributed by atoms with E-state index in [9.17, 15) is 0 Å². The second kappa shape index (κ2) is 6.43. The molecule has 0 amide bonds. The molecule has 1 aliphatic carbocycles. The van der Waals surface area contributed by atoms with Crippen LogP contribution in [0.2, 0.25) is 0 Å². The lowest BCUT2D eigenvalue weighted by molar-refractivity contribution is 0.175. The topological polar surface area (TPSA) is 59.1 Å². The lowest BCUT2D eigenvalue weighted by Crippen LogP contribution is -2.18. The molecular formula is C13H22N4OS. The largest absolute Gasteiger partial charge is 0.385 e. The van der Waals surface area contributed by atoms with Crippen LogP contribution in [-0.2, 0) is 4.74 Å². The molecule has 1 heterocycles. The SMILES string of the molecule is CNc1cc(NCC2(CCOC)CC2)nc(SC)n1. The number of ether oxygens (including phenoxy) is 1. The Bertz CT molecular complexity index is 401. The van der Waals surface area contributed by atoms with Gasteiger partial charge in [-0.15, -0.1) is 0 Å². The summed E-state index contributed by atoms with van der Waals surface area (Å²) in [5.74, 6) is 1.75. The van der Waals surface area contributed by atoms with Gasteiger partial charge in [0.15, 0.2) is 5.16 Å². The van der Waals surface area contributed by atoms with E-state index in [-0.39, 0.29) is 0 Å². The van der Waals surface area contributed by atoms with Crippen molar-refractivity contribution >= 4 is 23.4 Å². The minimum absolute atomic E-state index is 0.417. The standard InChI is InChI=1S/C13H22N4OS/c1-14-10-8-11(17-12(16-10)19-3)15-9-13(4-5-13)6-7-18-2/h8H,4-7,9H2,1-3H3,(H2,14,15,16,17). The van der Waals surface area contributed by atoms with Crippen molar-refractivity contribution in [2.75, 3.05) is 44.2 Å². The van der Waals surface area contributed by atoms with E-state index in [1.54, 1.807) is 18.9 Å². The molecule has 0 bridgehead atoms. The number of nitrogens with one attached hydrogen (secondary N) is 2. The van der Waals surface area contributed by atoms with Gasteiger partial charge >= 0.3 is 0 Å². The molecular weight excluding hydrogens is 260 g/mol. The smallest absolute Gasteiger partial charge is 0.191 e. The first-order valence-corrected chi connectivity index (χ1v) is 7.77. The molecule has 2 N–H and O–H groups in total. The molecule has 0 spiro atoms. The summed E-state index contributed by atoms with van der Waals surface area (Å²) >= 11 is 1.55. The van der Waals surface area contributed by atoms with Gasteiger partial charge in [-0.2, -0.15) is 0 Å². The Kier molecular flexibility index (Phi) is 4.87. The molecule has 1 aliphatic rings. The summed E-state index contributed by atoms with van der Waals surface area (Å²) in [6.45, 7) is 1.80. The fourth-order valence-electron chi connectivity index (χ4n) is 2.02. The molecule has 2 rings (SSSR count). The first-order chi connectivity index (χ1) is 9.21. The van der Waals surface area contributed by atoms with Crippen LogP contribution in [0.1, 0.15) is 19.3 Å². The molecule has 0 saturated heterocycles. The second-order valence-electron chi connectivity index (χ2n) is 4.97. The van der Waals surface area contributed by atoms with Crippen LogP contribution in [0.25, 0.3) is 0 Å². The van der Waals surface area contributed by atoms with Crippen molar-refractivity contribution in [3.05, 3.63) is 6.07 Å². The maximum absolute atomic E-state index is 5.18. The lowest BCUT2D eigenvalue weighted by Gasteiger charge is -2.16. The third-order valence-corrected chi connectivity index (χ3v) is 4.13. The van der Waals surface area contributed by atoms with Gasteiger partial charge in [-0.3, -0.25) is 0 Å². The molecule has 6 heteroatoms. The van der Waals surface area contributed by atoms with Gasteiger partial charge in [-0.25, -0.2) is 9.97 Å². The fourth-order valence-corrected chi connectivity index (χ4v) is 2.40. The molecule has 106 valence electrons. The summed E-state index contributed by atoms with van der Waals surface area (Å²) in [6.07, 6.45) is 5.67. The molecule has 1 aromatic heterocycles. The maximum Gasteiger partial charge on any atom is 0.191 e. The van der Waals surface area contributed by atoms with Gasteiger partial charge in [0.05, 0.1) is 0 Å². The third kappa shape index (κ3) is 3.98. The highest BCUT2D eigenvalue weighted by atomic mass is 32.2. The van der Waals surface area contributed by atoms with E-state index in [0.717, 1.165) is 36.4 Å². The first kappa shape index (κ1) is 14.4. The Labute approximate surface area is 118 Å². The van der Waals surface area contributed by atoms with E-state index in [2.05, 4.69) is 20.6 Å². The zero-order valence-corrected chi connectivity index (χ0v) is 12.6. The number of hydrogen-bond acceptors (Lipinski definition) is 6. The third-order valence-electron chi connectivity index (χ3n) is 3.58. The molecule has 5 nitrogen and oxygen atoms in total. The van der Waals surface area contributed by atoms with E-state index >= 15 is 0 Å². The Morgan fingerprint density at radius 3 is 2.68 bits per heavy atom. The average molecular weight is 282 g/mol. The minimum atomic E-state index is 0.417. The van der Waals surface area contributed by atoms with Crippen LogP contribution in [0.5, 0.6) is 0 Å². The van der Waals surface area contributed by atoms with Crippen molar-refractivity contribution in [3.8, 4) is 0 Å². The number of aromatic nitrogens is 2. The molecule has 0 unspecified atom stereocenters. The van der Waals surface area contributed by atoms with Crippen LogP contribution in [0.15, 0.2) is 11.2 Å². The molecule has 0 aromatic carbocycles. The molecule has 0 atom stereocenters. The van der Waals surface area contributed by atoms with Gasteiger partial charge in [0, 0.05) is 33.4 Å². The van der Waals surface area contributed by atoms with Crippen LogP contribution in [0.4, 0.5) is 11.6 Å². The highest BCUT2D eigenvalue weighted by Gasteiger charge is 2.41.